The first-order chi connectivity index (χ1) is 13.0. The number of halogens is 2. The average molecular weight is 432 g/mol. The van der Waals surface area contributed by atoms with Gasteiger partial charge < -0.3 is 15.0 Å². The van der Waals surface area contributed by atoms with Gasteiger partial charge in [-0.2, -0.15) is 0 Å². The molecule has 1 fully saturated rings. The molecule has 27 heavy (non-hydrogen) atoms. The van der Waals surface area contributed by atoms with Crippen molar-refractivity contribution in [2.24, 2.45) is 0 Å². The second kappa shape index (κ2) is 9.03. The van der Waals surface area contributed by atoms with Gasteiger partial charge in [0.1, 0.15) is 22.9 Å². The fraction of sp³-hybridized carbons (Fsp3) is 0.375. The second-order valence-electron chi connectivity index (χ2n) is 5.76. The summed E-state index contributed by atoms with van der Waals surface area (Å²) in [5.41, 5.74) is 0. The smallest absolute Gasteiger partial charge is 0.242 e. The van der Waals surface area contributed by atoms with E-state index in [9.17, 15) is 8.42 Å². The molecule has 1 aromatic carbocycles. The minimum Gasteiger partial charge on any atom is -0.378 e. The van der Waals surface area contributed by atoms with Crippen LogP contribution in [0.4, 0.5) is 11.6 Å². The van der Waals surface area contributed by atoms with E-state index >= 15 is 0 Å². The Bertz CT molecular complexity index is 891. The zero-order chi connectivity index (χ0) is 19.3. The Hall–Kier alpha value is -1.65. The van der Waals surface area contributed by atoms with Crippen LogP contribution in [0.3, 0.4) is 0 Å². The first kappa shape index (κ1) is 20.1. The Morgan fingerprint density at radius 1 is 1.11 bits per heavy atom. The third kappa shape index (κ3) is 5.43. The van der Waals surface area contributed by atoms with E-state index < -0.39 is 10.0 Å². The summed E-state index contributed by atoms with van der Waals surface area (Å²) in [4.78, 5) is 10.5. The van der Waals surface area contributed by atoms with Crippen molar-refractivity contribution >= 4 is 44.9 Å². The molecule has 11 heteroatoms. The zero-order valence-corrected chi connectivity index (χ0v) is 16.7. The van der Waals surface area contributed by atoms with Crippen LogP contribution in [0.5, 0.6) is 0 Å². The van der Waals surface area contributed by atoms with Gasteiger partial charge in [-0.3, -0.25) is 0 Å². The first-order valence-corrected chi connectivity index (χ1v) is 10.5. The van der Waals surface area contributed by atoms with Gasteiger partial charge in [-0.15, -0.1) is 0 Å². The Morgan fingerprint density at radius 3 is 2.67 bits per heavy atom. The van der Waals surface area contributed by atoms with Crippen LogP contribution in [0.15, 0.2) is 35.5 Å². The largest absolute Gasteiger partial charge is 0.378 e. The van der Waals surface area contributed by atoms with E-state index in [0.717, 1.165) is 18.9 Å². The predicted octanol–water partition coefficient (Wildman–Crippen LogP) is 2.01. The summed E-state index contributed by atoms with van der Waals surface area (Å²) in [5, 5.41) is 3.50. The summed E-state index contributed by atoms with van der Waals surface area (Å²) in [5.74, 6) is 1.42. The van der Waals surface area contributed by atoms with Crippen molar-refractivity contribution in [2.45, 2.75) is 4.90 Å². The maximum atomic E-state index is 12.4. The van der Waals surface area contributed by atoms with Crippen LogP contribution in [0.2, 0.25) is 10.0 Å². The van der Waals surface area contributed by atoms with Crippen molar-refractivity contribution in [1.29, 1.82) is 0 Å². The van der Waals surface area contributed by atoms with Gasteiger partial charge in [-0.05, 0) is 18.2 Å². The summed E-state index contributed by atoms with van der Waals surface area (Å²) in [6.45, 7) is 3.38. The molecule has 0 amide bonds. The highest BCUT2D eigenvalue weighted by Gasteiger charge is 2.18. The Morgan fingerprint density at radius 2 is 1.89 bits per heavy atom. The van der Waals surface area contributed by atoms with Gasteiger partial charge in [0.2, 0.25) is 10.0 Å². The number of sulfonamides is 1. The third-order valence-electron chi connectivity index (χ3n) is 3.89. The quantitative estimate of drug-likeness (QED) is 0.647. The number of nitrogens with one attached hydrogen (secondary N) is 2. The second-order valence-corrected chi connectivity index (χ2v) is 8.34. The molecule has 2 N–H and O–H groups in total. The monoisotopic (exact) mass is 431 g/mol. The number of morpholine rings is 1. The third-order valence-corrected chi connectivity index (χ3v) is 6.07. The summed E-state index contributed by atoms with van der Waals surface area (Å²) < 4.78 is 32.5. The van der Waals surface area contributed by atoms with Crippen LogP contribution in [0.1, 0.15) is 0 Å². The minimum atomic E-state index is -3.75. The standard InChI is InChI=1S/C16H19Cl2N5O3S/c17-12-1-2-13(18)14(9-12)27(24,25)22-4-3-19-15-10-16(21-11-20-15)23-5-7-26-8-6-23/h1-2,9-11,22H,3-8H2,(H,19,20,21). The summed E-state index contributed by atoms with van der Waals surface area (Å²) >= 11 is 11.8. The molecule has 1 aliphatic rings. The maximum absolute atomic E-state index is 12.4. The van der Waals surface area contributed by atoms with Crippen molar-refractivity contribution in [3.8, 4) is 0 Å². The lowest BCUT2D eigenvalue weighted by molar-refractivity contribution is 0.122. The summed E-state index contributed by atoms with van der Waals surface area (Å²) in [6.07, 6.45) is 1.48. The number of ether oxygens (including phenoxy) is 1. The number of rotatable bonds is 7. The van der Waals surface area contributed by atoms with Crippen molar-refractivity contribution in [2.75, 3.05) is 49.6 Å². The molecule has 0 spiro atoms. The lowest BCUT2D eigenvalue weighted by Gasteiger charge is -2.27. The average Bonchev–Trinajstić information content (AvgIpc) is 2.68. The van der Waals surface area contributed by atoms with E-state index in [1.54, 1.807) is 0 Å². The van der Waals surface area contributed by atoms with Gasteiger partial charge in [0, 0.05) is 37.3 Å². The number of aromatic nitrogens is 2. The van der Waals surface area contributed by atoms with E-state index in [-0.39, 0.29) is 16.5 Å². The molecule has 0 aliphatic carbocycles. The van der Waals surface area contributed by atoms with Crippen LogP contribution in [0.25, 0.3) is 0 Å². The molecule has 0 radical (unpaired) electrons. The molecule has 0 unspecified atom stereocenters. The molecule has 146 valence electrons. The SMILES string of the molecule is O=S(=O)(NCCNc1cc(N2CCOCC2)ncn1)c1cc(Cl)ccc1Cl. The number of hydrogen-bond acceptors (Lipinski definition) is 7. The van der Waals surface area contributed by atoms with Crippen LogP contribution in [-0.4, -0.2) is 57.8 Å². The molecule has 0 saturated carbocycles. The molecule has 2 heterocycles. The normalized spacial score (nSPS) is 15.0. The lowest BCUT2D eigenvalue weighted by Crippen LogP contribution is -2.36. The fourth-order valence-electron chi connectivity index (χ4n) is 2.55. The molecule has 8 nitrogen and oxygen atoms in total. The topological polar surface area (TPSA) is 96.5 Å². The highest BCUT2D eigenvalue weighted by Crippen LogP contribution is 2.24. The molecule has 1 aliphatic heterocycles. The van der Waals surface area contributed by atoms with Crippen molar-refractivity contribution in [3.63, 3.8) is 0 Å². The Kier molecular flexibility index (Phi) is 6.72. The van der Waals surface area contributed by atoms with Crippen molar-refractivity contribution < 1.29 is 13.2 Å². The number of hydrogen-bond donors (Lipinski definition) is 2. The van der Waals surface area contributed by atoms with Crippen LogP contribution in [0, 0.1) is 0 Å². The van der Waals surface area contributed by atoms with Crippen LogP contribution < -0.4 is 14.9 Å². The maximum Gasteiger partial charge on any atom is 0.242 e. The number of anilines is 2. The van der Waals surface area contributed by atoms with E-state index in [4.69, 9.17) is 27.9 Å². The molecular weight excluding hydrogens is 413 g/mol. The minimum absolute atomic E-state index is 0.0479. The van der Waals surface area contributed by atoms with Gasteiger partial charge >= 0.3 is 0 Å². The van der Waals surface area contributed by atoms with Crippen LogP contribution >= 0.6 is 23.2 Å². The highest BCUT2D eigenvalue weighted by molar-refractivity contribution is 7.89. The van der Waals surface area contributed by atoms with Crippen molar-refractivity contribution in [3.05, 3.63) is 40.6 Å². The molecule has 0 bridgehead atoms. The van der Waals surface area contributed by atoms with Gasteiger partial charge in [0.15, 0.2) is 0 Å². The first-order valence-electron chi connectivity index (χ1n) is 8.29. The molecule has 1 aromatic heterocycles. The molecule has 2 aromatic rings. The fourth-order valence-corrected chi connectivity index (χ4v) is 4.34. The van der Waals surface area contributed by atoms with E-state index in [0.29, 0.717) is 30.6 Å². The summed E-state index contributed by atoms with van der Waals surface area (Å²) in [7, 11) is -3.75. The number of nitrogens with zero attached hydrogens (tertiary/aromatic N) is 3. The highest BCUT2D eigenvalue weighted by atomic mass is 35.5. The van der Waals surface area contributed by atoms with Crippen LogP contribution in [-0.2, 0) is 14.8 Å². The molecule has 0 atom stereocenters. The van der Waals surface area contributed by atoms with Gasteiger partial charge in [-0.25, -0.2) is 23.1 Å². The Labute approximate surface area is 167 Å². The van der Waals surface area contributed by atoms with Gasteiger partial charge in [0.05, 0.1) is 18.2 Å². The molecule has 1 saturated heterocycles. The molecule has 3 rings (SSSR count). The van der Waals surface area contributed by atoms with Gasteiger partial charge in [-0.1, -0.05) is 23.2 Å². The number of benzene rings is 1. The van der Waals surface area contributed by atoms with Gasteiger partial charge in [0.25, 0.3) is 0 Å². The zero-order valence-electron chi connectivity index (χ0n) is 14.4. The molecular formula is C16H19Cl2N5O3S. The predicted molar refractivity (Wildman–Crippen MR) is 105 cm³/mol. The van der Waals surface area contributed by atoms with Crippen molar-refractivity contribution in [1.82, 2.24) is 14.7 Å². The summed E-state index contributed by atoms with van der Waals surface area (Å²) in [6, 6.07) is 6.13. The Balaban J connectivity index is 1.55. The van der Waals surface area contributed by atoms with E-state index in [1.165, 1.54) is 24.5 Å². The lowest BCUT2D eigenvalue weighted by atomic mass is 10.4. The van der Waals surface area contributed by atoms with E-state index in [2.05, 4.69) is 24.9 Å². The van der Waals surface area contributed by atoms with E-state index in [1.807, 2.05) is 6.07 Å².